The van der Waals surface area contributed by atoms with Gasteiger partial charge in [-0.2, -0.15) is 0 Å². The molecule has 4 aromatic carbocycles. The third-order valence-corrected chi connectivity index (χ3v) is 10.8. The summed E-state index contributed by atoms with van der Waals surface area (Å²) < 4.78 is 5.20. The number of aromatic nitrogens is 2. The van der Waals surface area contributed by atoms with Crippen LogP contribution in [0, 0.1) is 11.8 Å². The molecule has 4 N–H and O–H groups in total. The number of pyridine rings is 2. The lowest BCUT2D eigenvalue weighted by atomic mass is 10.1. The number of carbonyl (C=O) groups is 2. The van der Waals surface area contributed by atoms with Crippen LogP contribution in [0.2, 0.25) is 10.0 Å². The van der Waals surface area contributed by atoms with E-state index < -0.39 is 0 Å². The van der Waals surface area contributed by atoms with E-state index in [-0.39, 0.29) is 23.7 Å². The fraction of sp³-hybridized carbons (Fsp3) is 0.256. The summed E-state index contributed by atoms with van der Waals surface area (Å²) in [5.41, 5.74) is 4.76. The summed E-state index contributed by atoms with van der Waals surface area (Å²) in [6.07, 6.45) is 8.39. The minimum Gasteiger partial charge on any atom is -0.497 e. The second kappa shape index (κ2) is 17.2. The molecule has 0 unspecified atom stereocenters. The molecule has 2 fully saturated rings. The molecule has 0 saturated heterocycles. The van der Waals surface area contributed by atoms with Gasteiger partial charge in [-0.3, -0.25) is 9.59 Å². The number of halogens is 2. The second-order valence-corrected chi connectivity index (χ2v) is 14.5. The molecule has 54 heavy (non-hydrogen) atoms. The zero-order chi connectivity index (χ0) is 37.4. The van der Waals surface area contributed by atoms with Gasteiger partial charge in [0.2, 0.25) is 11.8 Å². The molecule has 8 rings (SSSR count). The highest BCUT2D eigenvalue weighted by Crippen LogP contribution is 2.35. The fourth-order valence-electron chi connectivity index (χ4n) is 7.09. The van der Waals surface area contributed by atoms with Crippen LogP contribution in [0.4, 0.5) is 34.4 Å². The number of amides is 2. The lowest BCUT2D eigenvalue weighted by Crippen LogP contribution is -2.20. The van der Waals surface area contributed by atoms with Crippen LogP contribution in [0.25, 0.3) is 21.8 Å². The number of rotatable bonds is 9. The fourth-order valence-corrected chi connectivity index (χ4v) is 7.44. The number of nitrogens with one attached hydrogen (secondary N) is 4. The summed E-state index contributed by atoms with van der Waals surface area (Å²) in [7, 11) is 1.65. The molecule has 2 aromatic heterocycles. The second-order valence-electron chi connectivity index (χ2n) is 13.7. The summed E-state index contributed by atoms with van der Waals surface area (Å²) >= 11 is 12.4. The number of nitrogens with zero attached hydrogens (tertiary/aromatic N) is 2. The van der Waals surface area contributed by atoms with E-state index in [1.165, 1.54) is 0 Å². The van der Waals surface area contributed by atoms with Gasteiger partial charge in [-0.1, -0.05) is 91.3 Å². The molecule has 2 aliphatic carbocycles. The van der Waals surface area contributed by atoms with Crippen molar-refractivity contribution >= 4 is 91.2 Å². The summed E-state index contributed by atoms with van der Waals surface area (Å²) in [4.78, 5) is 34.6. The normalized spacial score (nSPS) is 14.4. The van der Waals surface area contributed by atoms with Crippen molar-refractivity contribution in [3.63, 3.8) is 0 Å². The van der Waals surface area contributed by atoms with E-state index in [1.807, 2.05) is 97.1 Å². The lowest BCUT2D eigenvalue weighted by Gasteiger charge is -2.15. The molecule has 6 aromatic rings. The van der Waals surface area contributed by atoms with Crippen molar-refractivity contribution in [3.8, 4) is 5.75 Å². The van der Waals surface area contributed by atoms with Crippen molar-refractivity contribution in [2.24, 2.45) is 11.8 Å². The number of anilines is 6. The van der Waals surface area contributed by atoms with Gasteiger partial charge in [0.25, 0.3) is 0 Å². The molecular weight excluding hydrogens is 719 g/mol. The number of fused-ring (bicyclic) bond motifs is 2. The van der Waals surface area contributed by atoms with Crippen LogP contribution in [0.5, 0.6) is 5.75 Å². The van der Waals surface area contributed by atoms with Gasteiger partial charge < -0.3 is 26.0 Å². The number of carbonyl (C=O) groups excluding carboxylic acids is 2. The van der Waals surface area contributed by atoms with Gasteiger partial charge >= 0.3 is 0 Å². The number of hydrogen-bond donors (Lipinski definition) is 4. The molecular formula is C43H42Cl2N6O3. The van der Waals surface area contributed by atoms with Gasteiger partial charge in [-0.25, -0.2) is 9.97 Å². The number of benzene rings is 4. The monoisotopic (exact) mass is 760 g/mol. The first-order valence-corrected chi connectivity index (χ1v) is 19.1. The van der Waals surface area contributed by atoms with Crippen LogP contribution < -0.4 is 26.0 Å². The van der Waals surface area contributed by atoms with E-state index in [2.05, 4.69) is 31.2 Å². The SMILES string of the molecule is COc1ccc(Nc2cc(NC(=O)C3CCCC3)c3ccccc3n2)cc1.O=C(Nc1cc(Nc2cccc(Cl)c2Cl)nc2ccccc12)C1CCCC1. The van der Waals surface area contributed by atoms with Gasteiger partial charge in [-0.15, -0.1) is 0 Å². The quantitative estimate of drug-likeness (QED) is 0.116. The van der Waals surface area contributed by atoms with Crippen LogP contribution in [-0.4, -0.2) is 28.9 Å². The summed E-state index contributed by atoms with van der Waals surface area (Å²) in [6, 6.07) is 32.4. The standard InChI is InChI=1S/C22H23N3O2.C21H19Cl2N3O/c1-27-17-12-10-16(11-13-17)23-21-14-20(18-8-4-5-9-19(18)24-21)25-22(26)15-6-2-3-7-15;22-15-9-5-11-17(20(15)23)25-19-12-18(14-8-3-4-10-16(14)24-19)26-21(27)13-6-1-2-7-13/h4-5,8-15H,2-3,6-7H2,1H3,(H2,23,24,25,26);3-5,8-13H,1-2,6-7H2,(H2,24,25,26,27). The van der Waals surface area contributed by atoms with Crippen LogP contribution in [0.15, 0.2) is 103 Å². The highest BCUT2D eigenvalue weighted by atomic mass is 35.5. The van der Waals surface area contributed by atoms with Gasteiger partial charge in [0.15, 0.2) is 0 Å². The minimum atomic E-state index is 0.0793. The van der Waals surface area contributed by atoms with Gasteiger partial charge in [0, 0.05) is 40.4 Å². The van der Waals surface area contributed by atoms with E-state index >= 15 is 0 Å². The topological polar surface area (TPSA) is 117 Å². The molecule has 0 spiro atoms. The first-order chi connectivity index (χ1) is 26.3. The molecule has 11 heteroatoms. The number of para-hydroxylation sites is 2. The van der Waals surface area contributed by atoms with Crippen molar-refractivity contribution in [1.29, 1.82) is 0 Å². The Hall–Kier alpha value is -5.38. The highest BCUT2D eigenvalue weighted by molar-refractivity contribution is 6.43. The lowest BCUT2D eigenvalue weighted by molar-refractivity contribution is -0.120. The molecule has 2 heterocycles. The Morgan fingerprint density at radius 2 is 1.11 bits per heavy atom. The van der Waals surface area contributed by atoms with Crippen molar-refractivity contribution < 1.29 is 14.3 Å². The van der Waals surface area contributed by atoms with Gasteiger partial charge in [0.1, 0.15) is 17.4 Å². The highest BCUT2D eigenvalue weighted by Gasteiger charge is 2.24. The molecule has 0 atom stereocenters. The van der Waals surface area contributed by atoms with Crippen molar-refractivity contribution in [2.45, 2.75) is 51.4 Å². The predicted molar refractivity (Wildman–Crippen MR) is 221 cm³/mol. The Morgan fingerprint density at radius 3 is 1.63 bits per heavy atom. The summed E-state index contributed by atoms with van der Waals surface area (Å²) in [6.45, 7) is 0. The van der Waals surface area contributed by atoms with Crippen molar-refractivity contribution in [3.05, 3.63) is 113 Å². The number of hydrogen-bond acceptors (Lipinski definition) is 7. The Kier molecular flexibility index (Phi) is 11.8. The first kappa shape index (κ1) is 37.0. The molecule has 2 saturated carbocycles. The average Bonchev–Trinajstić information content (AvgIpc) is 3.94. The van der Waals surface area contributed by atoms with E-state index in [1.54, 1.807) is 13.2 Å². The molecule has 2 amide bonds. The number of ether oxygens (including phenoxy) is 1. The Morgan fingerprint density at radius 1 is 0.611 bits per heavy atom. The zero-order valence-electron chi connectivity index (χ0n) is 30.0. The third kappa shape index (κ3) is 8.86. The Labute approximate surface area is 324 Å². The van der Waals surface area contributed by atoms with Crippen LogP contribution in [-0.2, 0) is 9.59 Å². The van der Waals surface area contributed by atoms with E-state index in [0.717, 1.165) is 96.0 Å². The zero-order valence-corrected chi connectivity index (χ0v) is 31.5. The maximum atomic E-state index is 12.6. The van der Waals surface area contributed by atoms with E-state index in [4.69, 9.17) is 27.9 Å². The first-order valence-electron chi connectivity index (χ1n) is 18.4. The van der Waals surface area contributed by atoms with E-state index in [9.17, 15) is 9.59 Å². The maximum absolute atomic E-state index is 12.6. The van der Waals surface area contributed by atoms with Crippen LogP contribution in [0.1, 0.15) is 51.4 Å². The van der Waals surface area contributed by atoms with Crippen LogP contribution in [0.3, 0.4) is 0 Å². The summed E-state index contributed by atoms with van der Waals surface area (Å²) in [5.74, 6) is 2.50. The van der Waals surface area contributed by atoms with Gasteiger partial charge in [-0.05, 0) is 74.2 Å². The van der Waals surface area contributed by atoms with Crippen molar-refractivity contribution in [1.82, 2.24) is 9.97 Å². The largest absolute Gasteiger partial charge is 0.497 e. The maximum Gasteiger partial charge on any atom is 0.227 e. The van der Waals surface area contributed by atoms with Crippen LogP contribution >= 0.6 is 23.2 Å². The smallest absolute Gasteiger partial charge is 0.227 e. The average molecular weight is 762 g/mol. The third-order valence-electron chi connectivity index (χ3n) is 9.98. The summed E-state index contributed by atoms with van der Waals surface area (Å²) in [5, 5.41) is 15.5. The molecule has 0 bridgehead atoms. The molecule has 9 nitrogen and oxygen atoms in total. The molecule has 0 aliphatic heterocycles. The van der Waals surface area contributed by atoms with E-state index in [0.29, 0.717) is 27.4 Å². The van der Waals surface area contributed by atoms with Crippen molar-refractivity contribution in [2.75, 3.05) is 28.4 Å². The number of methoxy groups -OCH3 is 1. The molecule has 0 radical (unpaired) electrons. The molecule has 2 aliphatic rings. The Balaban J connectivity index is 0.000000167. The van der Waals surface area contributed by atoms with Gasteiger partial charge in [0.05, 0.1) is 45.3 Å². The minimum absolute atomic E-state index is 0.0793. The molecule has 276 valence electrons. The Bertz CT molecular complexity index is 2270. The predicted octanol–water partition coefficient (Wildman–Crippen LogP) is 11.5.